The Labute approximate surface area is 77.9 Å². The molecule has 1 aromatic carbocycles. The summed E-state index contributed by atoms with van der Waals surface area (Å²) in [5.41, 5.74) is 0.715. The predicted molar refractivity (Wildman–Crippen MR) is 50.2 cm³/mol. The Hall–Kier alpha value is -0.870. The van der Waals surface area contributed by atoms with Crippen LogP contribution in [0.15, 0.2) is 29.2 Å². The Kier molecular flexibility index (Phi) is 2.73. The molecule has 0 aromatic heterocycles. The summed E-state index contributed by atoms with van der Waals surface area (Å²) in [4.78, 5) is 0.275. The Balaban J connectivity index is 3.08. The molecule has 1 atom stereocenters. The predicted octanol–water partition coefficient (Wildman–Crippen LogP) is 1.14. The molecule has 0 heterocycles. The van der Waals surface area contributed by atoms with E-state index in [1.165, 1.54) is 12.1 Å². The first-order valence-electron chi connectivity index (χ1n) is 3.89. The fourth-order valence-corrected chi connectivity index (χ4v) is 1.62. The lowest BCUT2D eigenvalue weighted by molar-refractivity contribution is 0.199. The molecule has 1 aromatic rings. The molecule has 0 saturated heterocycles. The highest BCUT2D eigenvalue weighted by Gasteiger charge is 2.07. The topological polar surface area (TPSA) is 54.4 Å². The molecule has 0 amide bonds. The van der Waals surface area contributed by atoms with Gasteiger partial charge in [0.05, 0.1) is 11.0 Å². The summed E-state index contributed by atoms with van der Waals surface area (Å²) in [6, 6.07) is 6.22. The molecule has 4 heteroatoms. The monoisotopic (exact) mass is 200 g/mol. The standard InChI is InChI=1S/C9H12O3S/c1-7(10)8-3-5-9(6-4-8)13(2,11)12/h3-7,10H,1-2H3/t7-/m0/s1. The maximum absolute atomic E-state index is 11.1. The van der Waals surface area contributed by atoms with E-state index in [9.17, 15) is 8.42 Å². The Morgan fingerprint density at radius 1 is 1.23 bits per heavy atom. The molecule has 1 N–H and O–H groups in total. The maximum Gasteiger partial charge on any atom is 0.175 e. The van der Waals surface area contributed by atoms with Crippen molar-refractivity contribution in [3.8, 4) is 0 Å². The van der Waals surface area contributed by atoms with Gasteiger partial charge in [0.1, 0.15) is 0 Å². The van der Waals surface area contributed by atoms with Crippen molar-refractivity contribution < 1.29 is 13.5 Å². The molecule has 0 aliphatic carbocycles. The summed E-state index contributed by atoms with van der Waals surface area (Å²) >= 11 is 0. The lowest BCUT2D eigenvalue weighted by Crippen LogP contribution is -1.98. The van der Waals surface area contributed by atoms with Crippen molar-refractivity contribution in [1.82, 2.24) is 0 Å². The third-order valence-corrected chi connectivity index (χ3v) is 2.92. The van der Waals surface area contributed by atoms with Gasteiger partial charge in [0.25, 0.3) is 0 Å². The van der Waals surface area contributed by atoms with E-state index in [0.717, 1.165) is 6.26 Å². The summed E-state index contributed by atoms with van der Waals surface area (Å²) in [6.45, 7) is 1.63. The van der Waals surface area contributed by atoms with Crippen molar-refractivity contribution in [1.29, 1.82) is 0 Å². The molecule has 0 aliphatic heterocycles. The van der Waals surface area contributed by atoms with Gasteiger partial charge in [0.2, 0.25) is 0 Å². The van der Waals surface area contributed by atoms with Crippen molar-refractivity contribution in [3.05, 3.63) is 29.8 Å². The van der Waals surface area contributed by atoms with E-state index in [1.54, 1.807) is 19.1 Å². The maximum atomic E-state index is 11.1. The zero-order chi connectivity index (χ0) is 10.1. The quantitative estimate of drug-likeness (QED) is 0.779. The van der Waals surface area contributed by atoms with Crippen LogP contribution in [-0.4, -0.2) is 19.8 Å². The highest BCUT2D eigenvalue weighted by molar-refractivity contribution is 7.90. The van der Waals surface area contributed by atoms with Crippen LogP contribution in [0.3, 0.4) is 0 Å². The van der Waals surface area contributed by atoms with E-state index in [4.69, 9.17) is 5.11 Å². The molecule has 0 bridgehead atoms. The van der Waals surface area contributed by atoms with Crippen LogP contribution in [0.5, 0.6) is 0 Å². The molecule has 0 unspecified atom stereocenters. The number of aliphatic hydroxyl groups excluding tert-OH is 1. The van der Waals surface area contributed by atoms with Gasteiger partial charge >= 0.3 is 0 Å². The average Bonchev–Trinajstić information content (AvgIpc) is 2.03. The SMILES string of the molecule is C[C@H](O)c1ccc(S(C)(=O)=O)cc1. The van der Waals surface area contributed by atoms with E-state index >= 15 is 0 Å². The number of hydrogen-bond acceptors (Lipinski definition) is 3. The molecule has 0 aliphatic rings. The first kappa shape index (κ1) is 10.2. The Bertz CT molecular complexity index is 376. The summed E-state index contributed by atoms with van der Waals surface area (Å²) in [6.07, 6.45) is 0.596. The van der Waals surface area contributed by atoms with Gasteiger partial charge < -0.3 is 5.11 Å². The van der Waals surface area contributed by atoms with Gasteiger partial charge in [0.15, 0.2) is 9.84 Å². The second-order valence-corrected chi connectivity index (χ2v) is 5.03. The summed E-state index contributed by atoms with van der Waals surface area (Å²) in [7, 11) is -3.13. The van der Waals surface area contributed by atoms with Crippen molar-refractivity contribution in [3.63, 3.8) is 0 Å². The van der Waals surface area contributed by atoms with Crippen LogP contribution < -0.4 is 0 Å². The van der Waals surface area contributed by atoms with E-state index in [1.807, 2.05) is 0 Å². The Morgan fingerprint density at radius 3 is 2.00 bits per heavy atom. The Morgan fingerprint density at radius 2 is 1.69 bits per heavy atom. The molecule has 72 valence electrons. The second-order valence-electron chi connectivity index (χ2n) is 3.02. The van der Waals surface area contributed by atoms with E-state index in [2.05, 4.69) is 0 Å². The van der Waals surface area contributed by atoms with Crippen LogP contribution >= 0.6 is 0 Å². The zero-order valence-electron chi connectivity index (χ0n) is 7.56. The van der Waals surface area contributed by atoms with E-state index in [-0.39, 0.29) is 4.90 Å². The molecule has 0 fully saturated rings. The number of aliphatic hydroxyl groups is 1. The first-order valence-corrected chi connectivity index (χ1v) is 5.78. The van der Waals surface area contributed by atoms with Crippen LogP contribution in [-0.2, 0) is 9.84 Å². The molecule has 1 rings (SSSR count). The van der Waals surface area contributed by atoms with Crippen LogP contribution in [0, 0.1) is 0 Å². The summed E-state index contributed by atoms with van der Waals surface area (Å²) < 4.78 is 22.1. The van der Waals surface area contributed by atoms with Gasteiger partial charge in [-0.3, -0.25) is 0 Å². The first-order chi connectivity index (χ1) is 5.91. The number of sulfone groups is 1. The van der Waals surface area contributed by atoms with Gasteiger partial charge in [-0.15, -0.1) is 0 Å². The highest BCUT2D eigenvalue weighted by atomic mass is 32.2. The van der Waals surface area contributed by atoms with Crippen LogP contribution in [0.25, 0.3) is 0 Å². The highest BCUT2D eigenvalue weighted by Crippen LogP contribution is 2.15. The smallest absolute Gasteiger partial charge is 0.175 e. The second kappa shape index (κ2) is 3.47. The lowest BCUT2D eigenvalue weighted by atomic mass is 10.1. The summed E-state index contributed by atoms with van der Waals surface area (Å²) in [5, 5.41) is 9.17. The zero-order valence-corrected chi connectivity index (χ0v) is 8.38. The van der Waals surface area contributed by atoms with Gasteiger partial charge in [-0.1, -0.05) is 12.1 Å². The minimum absolute atomic E-state index is 0.275. The van der Waals surface area contributed by atoms with Gasteiger partial charge in [-0.05, 0) is 24.6 Å². The third-order valence-electron chi connectivity index (χ3n) is 1.79. The summed E-state index contributed by atoms with van der Waals surface area (Å²) in [5.74, 6) is 0. The van der Waals surface area contributed by atoms with Crippen LogP contribution in [0.4, 0.5) is 0 Å². The van der Waals surface area contributed by atoms with Crippen molar-refractivity contribution in [2.75, 3.05) is 6.26 Å². The minimum atomic E-state index is -3.13. The molecule has 13 heavy (non-hydrogen) atoms. The number of rotatable bonds is 2. The van der Waals surface area contributed by atoms with Crippen LogP contribution in [0.2, 0.25) is 0 Å². The normalized spacial score (nSPS) is 14.1. The molecule has 0 spiro atoms. The van der Waals surface area contributed by atoms with Crippen molar-refractivity contribution >= 4 is 9.84 Å². The van der Waals surface area contributed by atoms with Gasteiger partial charge in [-0.25, -0.2) is 8.42 Å². The molecular weight excluding hydrogens is 188 g/mol. The van der Waals surface area contributed by atoms with Crippen molar-refractivity contribution in [2.45, 2.75) is 17.9 Å². The van der Waals surface area contributed by atoms with E-state index in [0.29, 0.717) is 5.56 Å². The number of hydrogen-bond donors (Lipinski definition) is 1. The van der Waals surface area contributed by atoms with Gasteiger partial charge in [-0.2, -0.15) is 0 Å². The lowest BCUT2D eigenvalue weighted by Gasteiger charge is -2.04. The fourth-order valence-electron chi connectivity index (χ4n) is 0.994. The van der Waals surface area contributed by atoms with E-state index < -0.39 is 15.9 Å². The average molecular weight is 200 g/mol. The third kappa shape index (κ3) is 2.54. The largest absolute Gasteiger partial charge is 0.389 e. The fraction of sp³-hybridized carbons (Fsp3) is 0.333. The number of benzene rings is 1. The van der Waals surface area contributed by atoms with Crippen LogP contribution in [0.1, 0.15) is 18.6 Å². The van der Waals surface area contributed by atoms with Gasteiger partial charge in [0, 0.05) is 6.26 Å². The molecule has 0 saturated carbocycles. The van der Waals surface area contributed by atoms with Crippen molar-refractivity contribution in [2.24, 2.45) is 0 Å². The molecule has 3 nitrogen and oxygen atoms in total. The molecular formula is C9H12O3S. The molecule has 0 radical (unpaired) electrons. The minimum Gasteiger partial charge on any atom is -0.389 e.